The van der Waals surface area contributed by atoms with Crippen LogP contribution in [0.2, 0.25) is 0 Å². The van der Waals surface area contributed by atoms with Crippen molar-refractivity contribution in [1.29, 1.82) is 0 Å². The van der Waals surface area contributed by atoms with Crippen LogP contribution >= 0.6 is 0 Å². The molecule has 102 valence electrons. The van der Waals surface area contributed by atoms with Gasteiger partial charge in [0.15, 0.2) is 0 Å². The van der Waals surface area contributed by atoms with Crippen molar-refractivity contribution >= 4 is 11.4 Å². The maximum absolute atomic E-state index is 4.41. The molecule has 0 amide bonds. The van der Waals surface area contributed by atoms with Crippen molar-refractivity contribution in [3.63, 3.8) is 0 Å². The van der Waals surface area contributed by atoms with E-state index < -0.39 is 0 Å². The summed E-state index contributed by atoms with van der Waals surface area (Å²) in [6.45, 7) is 3.95. The van der Waals surface area contributed by atoms with Gasteiger partial charge in [0.2, 0.25) is 0 Å². The number of anilines is 2. The third-order valence-electron chi connectivity index (χ3n) is 3.09. The molecule has 4 heteroatoms. The lowest BCUT2D eigenvalue weighted by Crippen LogP contribution is -2.13. The molecule has 0 unspecified atom stereocenters. The van der Waals surface area contributed by atoms with E-state index in [4.69, 9.17) is 0 Å². The molecule has 4 nitrogen and oxygen atoms in total. The van der Waals surface area contributed by atoms with Crippen LogP contribution in [0.3, 0.4) is 0 Å². The first-order valence-corrected chi connectivity index (χ1v) is 6.72. The van der Waals surface area contributed by atoms with Gasteiger partial charge in [-0.3, -0.25) is 0 Å². The number of nitrogens with one attached hydrogen (secondary N) is 1. The first-order chi connectivity index (χ1) is 9.22. The fourth-order valence-electron chi connectivity index (χ4n) is 2.14. The van der Waals surface area contributed by atoms with E-state index in [0.717, 1.165) is 31.0 Å². The molecule has 0 saturated heterocycles. The van der Waals surface area contributed by atoms with Crippen LogP contribution in [0.15, 0.2) is 36.7 Å². The molecule has 2 rings (SSSR count). The number of imidazole rings is 1. The zero-order valence-corrected chi connectivity index (χ0v) is 11.9. The van der Waals surface area contributed by atoms with E-state index >= 15 is 0 Å². The third kappa shape index (κ3) is 3.28. The molecule has 1 aromatic heterocycles. The third-order valence-corrected chi connectivity index (χ3v) is 3.09. The van der Waals surface area contributed by atoms with Gasteiger partial charge in [-0.05, 0) is 18.6 Å². The maximum Gasteiger partial charge on any atom is 0.128 e. The van der Waals surface area contributed by atoms with Gasteiger partial charge in [0.25, 0.3) is 0 Å². The summed E-state index contributed by atoms with van der Waals surface area (Å²) in [4.78, 5) is 6.52. The van der Waals surface area contributed by atoms with Crippen molar-refractivity contribution in [2.75, 3.05) is 24.3 Å². The van der Waals surface area contributed by atoms with Crippen LogP contribution < -0.4 is 10.2 Å². The molecule has 1 N–H and O–H groups in total. The highest BCUT2D eigenvalue weighted by molar-refractivity contribution is 5.69. The number of nitrogens with zero attached hydrogens (tertiary/aromatic N) is 3. The summed E-state index contributed by atoms with van der Waals surface area (Å²) in [5.74, 6) is 1.08. The first kappa shape index (κ1) is 13.5. The van der Waals surface area contributed by atoms with E-state index in [0.29, 0.717) is 0 Å². The van der Waals surface area contributed by atoms with Crippen LogP contribution in [-0.4, -0.2) is 23.6 Å². The van der Waals surface area contributed by atoms with Gasteiger partial charge in [0.05, 0.1) is 17.9 Å². The Labute approximate surface area is 115 Å². The fraction of sp³-hybridized carbons (Fsp3) is 0.400. The van der Waals surface area contributed by atoms with Crippen molar-refractivity contribution in [2.45, 2.75) is 26.4 Å². The van der Waals surface area contributed by atoms with E-state index in [1.807, 2.05) is 18.5 Å². The van der Waals surface area contributed by atoms with Gasteiger partial charge in [0, 0.05) is 33.0 Å². The number of para-hydroxylation sites is 2. The molecule has 0 aliphatic rings. The van der Waals surface area contributed by atoms with Crippen LogP contribution in [0.5, 0.6) is 0 Å². The van der Waals surface area contributed by atoms with Gasteiger partial charge in [-0.1, -0.05) is 19.1 Å². The SMILES string of the molecule is CCCn1ccnc1CNc1ccccc1N(C)C. The van der Waals surface area contributed by atoms with Crippen LogP contribution in [-0.2, 0) is 13.1 Å². The van der Waals surface area contributed by atoms with Crippen molar-refractivity contribution in [1.82, 2.24) is 9.55 Å². The smallest absolute Gasteiger partial charge is 0.128 e. The van der Waals surface area contributed by atoms with Crippen molar-refractivity contribution in [3.05, 3.63) is 42.5 Å². The zero-order chi connectivity index (χ0) is 13.7. The molecule has 2 aromatic rings. The second-order valence-electron chi connectivity index (χ2n) is 4.80. The molecule has 0 aliphatic carbocycles. The van der Waals surface area contributed by atoms with Gasteiger partial charge in [-0.2, -0.15) is 0 Å². The number of aryl methyl sites for hydroxylation is 1. The average Bonchev–Trinajstić information content (AvgIpc) is 2.84. The fourth-order valence-corrected chi connectivity index (χ4v) is 2.14. The molecule has 0 bridgehead atoms. The Morgan fingerprint density at radius 2 is 2.05 bits per heavy atom. The van der Waals surface area contributed by atoms with Crippen LogP contribution in [0.25, 0.3) is 0 Å². The summed E-state index contributed by atoms with van der Waals surface area (Å²) in [6.07, 6.45) is 5.03. The molecule has 1 heterocycles. The average molecular weight is 258 g/mol. The summed E-state index contributed by atoms with van der Waals surface area (Å²) in [5, 5.41) is 3.47. The summed E-state index contributed by atoms with van der Waals surface area (Å²) in [7, 11) is 4.11. The van der Waals surface area contributed by atoms with Crippen molar-refractivity contribution in [2.24, 2.45) is 0 Å². The molecular weight excluding hydrogens is 236 g/mol. The van der Waals surface area contributed by atoms with Crippen molar-refractivity contribution in [3.8, 4) is 0 Å². The molecule has 19 heavy (non-hydrogen) atoms. The monoisotopic (exact) mass is 258 g/mol. The molecule has 1 aromatic carbocycles. The molecule has 0 radical (unpaired) electrons. The topological polar surface area (TPSA) is 33.1 Å². The van der Waals surface area contributed by atoms with Gasteiger partial charge < -0.3 is 14.8 Å². The van der Waals surface area contributed by atoms with E-state index in [1.54, 1.807) is 0 Å². The molecule has 0 atom stereocenters. The van der Waals surface area contributed by atoms with E-state index in [9.17, 15) is 0 Å². The summed E-state index contributed by atoms with van der Waals surface area (Å²) < 4.78 is 2.20. The Kier molecular flexibility index (Phi) is 4.44. The lowest BCUT2D eigenvalue weighted by Gasteiger charge is -2.18. The Hall–Kier alpha value is -1.97. The summed E-state index contributed by atoms with van der Waals surface area (Å²) in [5.41, 5.74) is 2.33. The largest absolute Gasteiger partial charge is 0.376 e. The Morgan fingerprint density at radius 3 is 2.79 bits per heavy atom. The predicted molar refractivity (Wildman–Crippen MR) is 80.6 cm³/mol. The predicted octanol–water partition coefficient (Wildman–Crippen LogP) is 2.97. The molecule has 0 saturated carbocycles. The second kappa shape index (κ2) is 6.27. The first-order valence-electron chi connectivity index (χ1n) is 6.72. The van der Waals surface area contributed by atoms with Gasteiger partial charge in [-0.25, -0.2) is 4.98 Å². The molecule has 0 aliphatic heterocycles. The van der Waals surface area contributed by atoms with Crippen molar-refractivity contribution < 1.29 is 0 Å². The standard InChI is InChI=1S/C15H22N4/c1-4-10-19-11-9-16-15(19)12-17-13-7-5-6-8-14(13)18(2)3/h5-9,11,17H,4,10,12H2,1-3H3. The normalized spacial score (nSPS) is 10.5. The highest BCUT2D eigenvalue weighted by Crippen LogP contribution is 2.23. The zero-order valence-electron chi connectivity index (χ0n) is 11.9. The number of benzene rings is 1. The Bertz CT molecular complexity index is 516. The minimum absolute atomic E-state index is 0.748. The minimum atomic E-state index is 0.748. The van der Waals surface area contributed by atoms with Gasteiger partial charge in [0.1, 0.15) is 5.82 Å². The van der Waals surface area contributed by atoms with E-state index in [-0.39, 0.29) is 0 Å². The van der Waals surface area contributed by atoms with E-state index in [2.05, 4.69) is 59.0 Å². The lowest BCUT2D eigenvalue weighted by atomic mass is 10.2. The lowest BCUT2D eigenvalue weighted by molar-refractivity contribution is 0.644. The summed E-state index contributed by atoms with van der Waals surface area (Å²) >= 11 is 0. The second-order valence-corrected chi connectivity index (χ2v) is 4.80. The quantitative estimate of drug-likeness (QED) is 0.864. The van der Waals surface area contributed by atoms with Crippen LogP contribution in [0.1, 0.15) is 19.2 Å². The maximum atomic E-state index is 4.41. The van der Waals surface area contributed by atoms with Crippen LogP contribution in [0.4, 0.5) is 11.4 Å². The minimum Gasteiger partial charge on any atom is -0.376 e. The van der Waals surface area contributed by atoms with Gasteiger partial charge in [-0.15, -0.1) is 0 Å². The number of hydrogen-bond acceptors (Lipinski definition) is 3. The highest BCUT2D eigenvalue weighted by atomic mass is 15.1. The van der Waals surface area contributed by atoms with E-state index in [1.165, 1.54) is 5.69 Å². The van der Waals surface area contributed by atoms with Gasteiger partial charge >= 0.3 is 0 Å². The number of hydrogen-bond donors (Lipinski definition) is 1. The summed E-state index contributed by atoms with van der Waals surface area (Å²) in [6, 6.07) is 8.32. The number of aromatic nitrogens is 2. The molecule has 0 spiro atoms. The van der Waals surface area contributed by atoms with Crippen LogP contribution in [0, 0.1) is 0 Å². The molecular formula is C15H22N4. The Balaban J connectivity index is 2.08. The highest BCUT2D eigenvalue weighted by Gasteiger charge is 2.05. The Morgan fingerprint density at radius 1 is 1.26 bits per heavy atom. The number of rotatable bonds is 6. The molecule has 0 fully saturated rings.